The Morgan fingerprint density at radius 3 is 2.72 bits per heavy atom. The van der Waals surface area contributed by atoms with Gasteiger partial charge in [0.25, 0.3) is 0 Å². The van der Waals surface area contributed by atoms with E-state index in [1.807, 2.05) is 13.0 Å². The van der Waals surface area contributed by atoms with Crippen LogP contribution in [-0.2, 0) is 11.2 Å². The highest BCUT2D eigenvalue weighted by atomic mass is 16.1. The van der Waals surface area contributed by atoms with Crippen LogP contribution in [0.15, 0.2) is 6.07 Å². The first-order chi connectivity index (χ1) is 8.30. The molecule has 1 atom stereocenters. The molecule has 0 spiro atoms. The molecule has 1 amide bonds. The van der Waals surface area contributed by atoms with E-state index in [1.165, 1.54) is 0 Å². The Labute approximate surface area is 109 Å². The zero-order valence-corrected chi connectivity index (χ0v) is 11.7. The molecule has 0 saturated heterocycles. The second-order valence-corrected chi connectivity index (χ2v) is 5.91. The lowest BCUT2D eigenvalue weighted by Crippen LogP contribution is -2.31. The minimum absolute atomic E-state index is 0.0825. The number of hydrogen-bond acceptors (Lipinski definition) is 3. The Morgan fingerprint density at radius 2 is 2.22 bits per heavy atom. The van der Waals surface area contributed by atoms with Crippen LogP contribution in [0.4, 0.5) is 5.82 Å². The first-order valence-corrected chi connectivity index (χ1v) is 6.40. The van der Waals surface area contributed by atoms with Crippen molar-refractivity contribution in [2.24, 2.45) is 11.1 Å². The van der Waals surface area contributed by atoms with Crippen LogP contribution >= 0.6 is 0 Å². The van der Waals surface area contributed by atoms with E-state index < -0.39 is 0 Å². The summed E-state index contributed by atoms with van der Waals surface area (Å²) >= 11 is 0. The number of nitrogens with two attached hydrogens (primary N) is 1. The Balaban J connectivity index is 2.41. The number of amides is 1. The van der Waals surface area contributed by atoms with E-state index in [0.717, 1.165) is 18.5 Å². The van der Waals surface area contributed by atoms with Gasteiger partial charge in [0.05, 0.1) is 0 Å². The van der Waals surface area contributed by atoms with E-state index in [1.54, 1.807) is 0 Å². The number of aromatic amines is 1. The molecule has 0 aliphatic heterocycles. The molecule has 5 nitrogen and oxygen atoms in total. The van der Waals surface area contributed by atoms with Gasteiger partial charge in [0.15, 0.2) is 5.82 Å². The molecule has 4 N–H and O–H groups in total. The highest BCUT2D eigenvalue weighted by molar-refractivity contribution is 5.90. The van der Waals surface area contributed by atoms with Crippen LogP contribution in [0.3, 0.4) is 0 Å². The zero-order valence-electron chi connectivity index (χ0n) is 11.7. The molecule has 0 saturated carbocycles. The van der Waals surface area contributed by atoms with Crippen molar-refractivity contribution in [1.82, 2.24) is 10.2 Å². The van der Waals surface area contributed by atoms with Crippen molar-refractivity contribution in [3.63, 3.8) is 0 Å². The van der Waals surface area contributed by atoms with Gasteiger partial charge in [-0.15, -0.1) is 0 Å². The number of carbonyl (C=O) groups is 1. The maximum atomic E-state index is 11.8. The molecule has 0 fully saturated rings. The van der Waals surface area contributed by atoms with Crippen molar-refractivity contribution in [2.45, 2.75) is 53.0 Å². The fourth-order valence-electron chi connectivity index (χ4n) is 1.90. The average Bonchev–Trinajstić information content (AvgIpc) is 2.61. The zero-order chi connectivity index (χ0) is 13.8. The van der Waals surface area contributed by atoms with Gasteiger partial charge in [-0.1, -0.05) is 27.7 Å². The van der Waals surface area contributed by atoms with Gasteiger partial charge in [0, 0.05) is 24.2 Å². The highest BCUT2D eigenvalue weighted by Crippen LogP contribution is 2.21. The molecule has 0 radical (unpaired) electrons. The SMILES string of the molecule is CCc1cc(NC(=O)CC(N)CC(C)(C)C)n[nH]1. The van der Waals surface area contributed by atoms with Gasteiger partial charge in [-0.2, -0.15) is 5.10 Å². The highest BCUT2D eigenvalue weighted by Gasteiger charge is 2.18. The van der Waals surface area contributed by atoms with Crippen molar-refractivity contribution in [3.05, 3.63) is 11.8 Å². The van der Waals surface area contributed by atoms with E-state index in [9.17, 15) is 4.79 Å². The maximum Gasteiger partial charge on any atom is 0.227 e. The van der Waals surface area contributed by atoms with E-state index in [0.29, 0.717) is 12.2 Å². The van der Waals surface area contributed by atoms with Gasteiger partial charge in [-0.05, 0) is 18.3 Å². The molecule has 1 aromatic rings. The maximum absolute atomic E-state index is 11.8. The molecule has 1 aromatic heterocycles. The van der Waals surface area contributed by atoms with E-state index in [-0.39, 0.29) is 17.4 Å². The Bertz CT molecular complexity index is 392. The van der Waals surface area contributed by atoms with E-state index >= 15 is 0 Å². The second kappa shape index (κ2) is 6.00. The fraction of sp³-hybridized carbons (Fsp3) is 0.692. The van der Waals surface area contributed by atoms with Crippen LogP contribution in [0.5, 0.6) is 0 Å². The summed E-state index contributed by atoms with van der Waals surface area (Å²) < 4.78 is 0. The first kappa shape index (κ1) is 14.7. The lowest BCUT2D eigenvalue weighted by Gasteiger charge is -2.22. The van der Waals surface area contributed by atoms with Gasteiger partial charge >= 0.3 is 0 Å². The van der Waals surface area contributed by atoms with Gasteiger partial charge < -0.3 is 11.1 Å². The summed E-state index contributed by atoms with van der Waals surface area (Å²) in [5.74, 6) is 0.487. The van der Waals surface area contributed by atoms with Crippen molar-refractivity contribution in [2.75, 3.05) is 5.32 Å². The molecular formula is C13H24N4O. The molecule has 0 bridgehead atoms. The van der Waals surface area contributed by atoms with Gasteiger partial charge in [-0.3, -0.25) is 9.89 Å². The second-order valence-electron chi connectivity index (χ2n) is 5.91. The number of aryl methyl sites for hydroxylation is 1. The smallest absolute Gasteiger partial charge is 0.227 e. The molecule has 1 unspecified atom stereocenters. The van der Waals surface area contributed by atoms with Crippen molar-refractivity contribution < 1.29 is 4.79 Å². The van der Waals surface area contributed by atoms with Crippen molar-refractivity contribution >= 4 is 11.7 Å². The van der Waals surface area contributed by atoms with Crippen LogP contribution in [0.25, 0.3) is 0 Å². The van der Waals surface area contributed by atoms with Crippen LogP contribution in [-0.4, -0.2) is 22.1 Å². The van der Waals surface area contributed by atoms with Crippen LogP contribution in [0, 0.1) is 5.41 Å². The Morgan fingerprint density at radius 1 is 1.56 bits per heavy atom. The van der Waals surface area contributed by atoms with E-state index in [4.69, 9.17) is 5.73 Å². The number of H-pyrrole nitrogens is 1. The molecule has 1 rings (SSSR count). The van der Waals surface area contributed by atoms with E-state index in [2.05, 4.69) is 36.3 Å². The average molecular weight is 252 g/mol. The first-order valence-electron chi connectivity index (χ1n) is 6.40. The monoisotopic (exact) mass is 252 g/mol. The largest absolute Gasteiger partial charge is 0.327 e. The van der Waals surface area contributed by atoms with Gasteiger partial charge in [0.1, 0.15) is 0 Å². The normalized spacial score (nSPS) is 13.4. The molecule has 18 heavy (non-hydrogen) atoms. The lowest BCUT2D eigenvalue weighted by atomic mass is 9.87. The number of nitrogens with one attached hydrogen (secondary N) is 2. The molecule has 5 heteroatoms. The molecule has 0 aliphatic rings. The third kappa shape index (κ3) is 5.31. The fourth-order valence-corrected chi connectivity index (χ4v) is 1.90. The molecule has 1 heterocycles. The number of carbonyl (C=O) groups excluding carboxylic acids is 1. The number of anilines is 1. The Hall–Kier alpha value is -1.36. The molecule has 0 aliphatic carbocycles. The van der Waals surface area contributed by atoms with Crippen LogP contribution in [0.2, 0.25) is 0 Å². The third-order valence-corrected chi connectivity index (χ3v) is 2.60. The minimum Gasteiger partial charge on any atom is -0.327 e. The van der Waals surface area contributed by atoms with Crippen LogP contribution < -0.4 is 11.1 Å². The predicted octanol–water partition coefficient (Wildman–Crippen LogP) is 2.06. The third-order valence-electron chi connectivity index (χ3n) is 2.60. The Kier molecular flexibility index (Phi) is 4.90. The number of rotatable bonds is 5. The predicted molar refractivity (Wildman–Crippen MR) is 73.3 cm³/mol. The number of hydrogen-bond donors (Lipinski definition) is 3. The quantitative estimate of drug-likeness (QED) is 0.750. The summed E-state index contributed by atoms with van der Waals surface area (Å²) in [6.45, 7) is 8.38. The summed E-state index contributed by atoms with van der Waals surface area (Å²) in [6, 6.07) is 1.72. The minimum atomic E-state index is -0.116. The summed E-state index contributed by atoms with van der Waals surface area (Å²) in [7, 11) is 0. The summed E-state index contributed by atoms with van der Waals surface area (Å²) in [4.78, 5) is 11.8. The number of nitrogens with zero attached hydrogens (tertiary/aromatic N) is 1. The molecule has 102 valence electrons. The van der Waals surface area contributed by atoms with Crippen LogP contribution in [0.1, 0.15) is 46.2 Å². The van der Waals surface area contributed by atoms with Gasteiger partial charge in [0.2, 0.25) is 5.91 Å². The summed E-state index contributed by atoms with van der Waals surface area (Å²) in [6.07, 6.45) is 2.01. The van der Waals surface area contributed by atoms with Crippen molar-refractivity contribution in [3.8, 4) is 0 Å². The van der Waals surface area contributed by atoms with Crippen molar-refractivity contribution in [1.29, 1.82) is 0 Å². The van der Waals surface area contributed by atoms with Gasteiger partial charge in [-0.25, -0.2) is 0 Å². The molecule has 0 aromatic carbocycles. The topological polar surface area (TPSA) is 83.8 Å². The molecular weight excluding hydrogens is 228 g/mol. The summed E-state index contributed by atoms with van der Waals surface area (Å²) in [5.41, 5.74) is 7.10. The standard InChI is InChI=1S/C13H24N4O/c1-5-10-7-11(17-16-10)15-12(18)6-9(14)8-13(2,3)4/h7,9H,5-6,8,14H2,1-4H3,(H2,15,16,17,18). The number of aromatic nitrogens is 2. The summed E-state index contributed by atoms with van der Waals surface area (Å²) in [5, 5.41) is 9.62. The lowest BCUT2D eigenvalue weighted by molar-refractivity contribution is -0.116.